The molecule has 5 rings (SSSR count). The molecule has 2 aromatic carbocycles. The van der Waals surface area contributed by atoms with E-state index in [1.54, 1.807) is 7.11 Å². The Morgan fingerprint density at radius 1 is 1.08 bits per heavy atom. The van der Waals surface area contributed by atoms with E-state index in [4.69, 9.17) is 9.72 Å². The van der Waals surface area contributed by atoms with Crippen LogP contribution in [0.3, 0.4) is 0 Å². The molecular formula is C31H41N5O3. The van der Waals surface area contributed by atoms with E-state index in [0.29, 0.717) is 28.4 Å². The van der Waals surface area contributed by atoms with E-state index in [1.807, 2.05) is 50.2 Å². The molecule has 0 saturated carbocycles. The lowest BCUT2D eigenvalue weighted by atomic mass is 9.96. The van der Waals surface area contributed by atoms with Crippen molar-refractivity contribution in [2.45, 2.75) is 58.5 Å². The van der Waals surface area contributed by atoms with E-state index >= 15 is 0 Å². The number of hydrogen-bond donors (Lipinski definition) is 1. The molecular weight excluding hydrogens is 490 g/mol. The highest BCUT2D eigenvalue weighted by molar-refractivity contribution is 5.84. The van der Waals surface area contributed by atoms with Gasteiger partial charge in [-0.05, 0) is 88.9 Å². The molecule has 1 amide bonds. The minimum absolute atomic E-state index is 0.0227. The van der Waals surface area contributed by atoms with E-state index in [-0.39, 0.29) is 24.1 Å². The lowest BCUT2D eigenvalue weighted by Crippen LogP contribution is -2.42. The normalized spacial score (nSPS) is 18.5. The smallest absolute Gasteiger partial charge is 0.262 e. The number of ether oxygens (including phenoxy) is 1. The van der Waals surface area contributed by atoms with Crippen molar-refractivity contribution in [2.24, 2.45) is 5.92 Å². The van der Waals surface area contributed by atoms with Gasteiger partial charge in [0, 0.05) is 36.9 Å². The number of rotatable bonds is 8. The number of methoxy groups -OCH3 is 1. The largest absolute Gasteiger partial charge is 0.497 e. The monoisotopic (exact) mass is 531 g/mol. The summed E-state index contributed by atoms with van der Waals surface area (Å²) in [5, 5.41) is 3.44. The van der Waals surface area contributed by atoms with Crippen LogP contribution in [0.5, 0.6) is 5.75 Å². The van der Waals surface area contributed by atoms with Crippen molar-refractivity contribution >= 4 is 22.5 Å². The number of nitrogens with one attached hydrogen (secondary N) is 1. The van der Waals surface area contributed by atoms with Crippen LogP contribution in [0.2, 0.25) is 0 Å². The molecule has 2 saturated heterocycles. The van der Waals surface area contributed by atoms with E-state index in [1.165, 1.54) is 43.3 Å². The molecule has 208 valence electrons. The molecule has 1 N–H and O–H groups in total. The fourth-order valence-electron chi connectivity index (χ4n) is 6.00. The van der Waals surface area contributed by atoms with Gasteiger partial charge in [-0.25, -0.2) is 4.98 Å². The van der Waals surface area contributed by atoms with Crippen molar-refractivity contribution in [3.05, 3.63) is 52.8 Å². The molecule has 1 unspecified atom stereocenters. The number of carbonyl (C=O) groups is 1. The van der Waals surface area contributed by atoms with E-state index in [9.17, 15) is 9.59 Å². The molecule has 0 spiro atoms. The van der Waals surface area contributed by atoms with Crippen LogP contribution < -0.4 is 20.5 Å². The van der Waals surface area contributed by atoms with Gasteiger partial charge in [0.05, 0.1) is 18.0 Å². The summed E-state index contributed by atoms with van der Waals surface area (Å²) in [6.07, 6.45) is 6.39. The van der Waals surface area contributed by atoms with Gasteiger partial charge in [0.15, 0.2) is 0 Å². The summed E-state index contributed by atoms with van der Waals surface area (Å²) in [6, 6.07) is 13.4. The van der Waals surface area contributed by atoms with Gasteiger partial charge in [-0.3, -0.25) is 14.2 Å². The van der Waals surface area contributed by atoms with Crippen molar-refractivity contribution in [2.75, 3.05) is 44.7 Å². The van der Waals surface area contributed by atoms with Crippen molar-refractivity contribution in [1.29, 1.82) is 0 Å². The first kappa shape index (κ1) is 27.2. The summed E-state index contributed by atoms with van der Waals surface area (Å²) < 4.78 is 6.90. The standard InChI is InChI=1S/C31H41N5O3/c1-22(2)32-29(37)21-36-30(24-10-7-11-26(17-24)39-3)33-28-13-12-25(18-27(28)31(36)38)35-16-8-9-23(20-35)19-34-14-5-4-6-15-34/h7,10-13,17-18,22-23H,4-6,8-9,14-16,19-21H2,1-3H3,(H,32,37). The zero-order chi connectivity index (χ0) is 27.4. The maximum atomic E-state index is 13.9. The molecule has 0 bridgehead atoms. The minimum atomic E-state index is -0.217. The number of hydrogen-bond acceptors (Lipinski definition) is 6. The first-order valence-electron chi connectivity index (χ1n) is 14.4. The van der Waals surface area contributed by atoms with Crippen molar-refractivity contribution in [3.63, 3.8) is 0 Å². The third-order valence-corrected chi connectivity index (χ3v) is 7.87. The molecule has 0 radical (unpaired) electrons. The SMILES string of the molecule is COc1cccc(-c2nc3ccc(N4CCCC(CN5CCCCC5)C4)cc3c(=O)n2CC(=O)NC(C)C)c1. The van der Waals surface area contributed by atoms with Crippen molar-refractivity contribution < 1.29 is 9.53 Å². The van der Waals surface area contributed by atoms with Crippen LogP contribution in [0, 0.1) is 5.92 Å². The zero-order valence-electron chi connectivity index (χ0n) is 23.5. The summed E-state index contributed by atoms with van der Waals surface area (Å²) >= 11 is 0. The average molecular weight is 532 g/mol. The number of amides is 1. The number of anilines is 1. The lowest BCUT2D eigenvalue weighted by Gasteiger charge is -2.38. The summed E-state index contributed by atoms with van der Waals surface area (Å²) in [4.78, 5) is 36.7. The molecule has 1 atom stereocenters. The maximum Gasteiger partial charge on any atom is 0.262 e. The van der Waals surface area contributed by atoms with Crippen LogP contribution >= 0.6 is 0 Å². The molecule has 3 aromatic rings. The molecule has 2 fully saturated rings. The fraction of sp³-hybridized carbons (Fsp3) is 0.516. The number of carbonyl (C=O) groups excluding carboxylic acids is 1. The molecule has 8 heteroatoms. The van der Waals surface area contributed by atoms with Gasteiger partial charge in [0.25, 0.3) is 5.56 Å². The summed E-state index contributed by atoms with van der Waals surface area (Å²) in [5.74, 6) is 1.54. The van der Waals surface area contributed by atoms with E-state index in [0.717, 1.165) is 37.3 Å². The van der Waals surface area contributed by atoms with Crippen LogP contribution in [0.4, 0.5) is 5.69 Å². The Hall–Kier alpha value is -3.39. The van der Waals surface area contributed by atoms with Crippen molar-refractivity contribution in [1.82, 2.24) is 19.8 Å². The molecule has 1 aromatic heterocycles. The van der Waals surface area contributed by atoms with Gasteiger partial charge in [0.1, 0.15) is 18.1 Å². The van der Waals surface area contributed by atoms with Crippen LogP contribution in [-0.2, 0) is 11.3 Å². The van der Waals surface area contributed by atoms with Gasteiger partial charge in [-0.1, -0.05) is 18.6 Å². The number of piperidine rings is 2. The number of aromatic nitrogens is 2. The van der Waals surface area contributed by atoms with Gasteiger partial charge in [0.2, 0.25) is 5.91 Å². The van der Waals surface area contributed by atoms with Crippen molar-refractivity contribution in [3.8, 4) is 17.1 Å². The Morgan fingerprint density at radius 3 is 2.67 bits per heavy atom. The first-order valence-corrected chi connectivity index (χ1v) is 14.4. The Kier molecular flexibility index (Phi) is 8.50. The Morgan fingerprint density at radius 2 is 1.90 bits per heavy atom. The number of likely N-dealkylation sites (tertiary alicyclic amines) is 1. The number of benzene rings is 2. The lowest BCUT2D eigenvalue weighted by molar-refractivity contribution is -0.122. The second-order valence-corrected chi connectivity index (χ2v) is 11.3. The number of fused-ring (bicyclic) bond motifs is 1. The van der Waals surface area contributed by atoms with E-state index < -0.39 is 0 Å². The highest BCUT2D eigenvalue weighted by Crippen LogP contribution is 2.28. The van der Waals surface area contributed by atoms with Gasteiger partial charge < -0.3 is 19.9 Å². The molecule has 8 nitrogen and oxygen atoms in total. The van der Waals surface area contributed by atoms with Gasteiger partial charge in [-0.2, -0.15) is 0 Å². The molecule has 2 aliphatic heterocycles. The molecule has 39 heavy (non-hydrogen) atoms. The second kappa shape index (κ2) is 12.2. The Balaban J connectivity index is 1.48. The average Bonchev–Trinajstić information content (AvgIpc) is 2.94. The quantitative estimate of drug-likeness (QED) is 0.467. The van der Waals surface area contributed by atoms with Crippen LogP contribution in [-0.4, -0.2) is 66.2 Å². The predicted molar refractivity (Wildman–Crippen MR) is 156 cm³/mol. The maximum absolute atomic E-state index is 13.9. The summed E-state index contributed by atoms with van der Waals surface area (Å²) in [6.45, 7) is 9.31. The first-order chi connectivity index (χ1) is 18.9. The molecule has 3 heterocycles. The second-order valence-electron chi connectivity index (χ2n) is 11.3. The Labute approximate surface area is 231 Å². The van der Waals surface area contributed by atoms with Crippen LogP contribution in [0.25, 0.3) is 22.3 Å². The van der Waals surface area contributed by atoms with Gasteiger partial charge >= 0.3 is 0 Å². The summed E-state index contributed by atoms with van der Waals surface area (Å²) in [7, 11) is 1.61. The highest BCUT2D eigenvalue weighted by atomic mass is 16.5. The predicted octanol–water partition coefficient (Wildman–Crippen LogP) is 4.30. The Bertz CT molecular complexity index is 1360. The summed E-state index contributed by atoms with van der Waals surface area (Å²) in [5.41, 5.74) is 2.20. The fourth-order valence-corrected chi connectivity index (χ4v) is 6.00. The van der Waals surface area contributed by atoms with E-state index in [2.05, 4.69) is 21.2 Å². The highest BCUT2D eigenvalue weighted by Gasteiger charge is 2.24. The number of nitrogens with zero attached hydrogens (tertiary/aromatic N) is 4. The topological polar surface area (TPSA) is 79.7 Å². The third kappa shape index (κ3) is 6.44. The van der Waals surface area contributed by atoms with Crippen LogP contribution in [0.1, 0.15) is 46.0 Å². The van der Waals surface area contributed by atoms with Gasteiger partial charge in [-0.15, -0.1) is 0 Å². The molecule has 0 aliphatic carbocycles. The third-order valence-electron chi connectivity index (χ3n) is 7.87. The van der Waals surface area contributed by atoms with Crippen LogP contribution in [0.15, 0.2) is 47.3 Å². The zero-order valence-corrected chi connectivity index (χ0v) is 23.5. The minimum Gasteiger partial charge on any atom is -0.497 e. The molecule has 2 aliphatic rings.